The minimum Gasteiger partial charge on any atom is -0.492 e. The summed E-state index contributed by atoms with van der Waals surface area (Å²) < 4.78 is 32.5. The summed E-state index contributed by atoms with van der Waals surface area (Å²) in [5, 5.41) is 2.90. The normalized spacial score (nSPS) is 16.0. The zero-order chi connectivity index (χ0) is 19.4. The Bertz CT molecular complexity index is 908. The molecule has 0 saturated heterocycles. The predicted molar refractivity (Wildman–Crippen MR) is 103 cm³/mol. The van der Waals surface area contributed by atoms with Crippen LogP contribution in [0, 0.1) is 5.92 Å². The second-order valence-electron chi connectivity index (χ2n) is 7.01. The summed E-state index contributed by atoms with van der Waals surface area (Å²) in [6.07, 6.45) is 0. The second-order valence-corrected chi connectivity index (χ2v) is 8.78. The molecule has 3 rings (SSSR count). The van der Waals surface area contributed by atoms with Gasteiger partial charge in [-0.3, -0.25) is 4.79 Å². The van der Waals surface area contributed by atoms with Crippen LogP contribution in [0.15, 0.2) is 53.4 Å². The molecule has 1 heterocycles. The number of rotatable bonds is 7. The lowest BCUT2D eigenvalue weighted by molar-refractivity contribution is -0.122. The number of nitrogens with one attached hydrogen (secondary N) is 2. The average Bonchev–Trinajstić information content (AvgIpc) is 3.09. The van der Waals surface area contributed by atoms with Crippen LogP contribution in [-0.4, -0.2) is 27.5 Å². The average molecular weight is 388 g/mol. The molecule has 1 unspecified atom stereocenters. The van der Waals surface area contributed by atoms with Crippen LogP contribution in [0.2, 0.25) is 0 Å². The topological polar surface area (TPSA) is 84.5 Å². The third-order valence-electron chi connectivity index (χ3n) is 4.40. The van der Waals surface area contributed by atoms with E-state index in [0.717, 1.165) is 16.9 Å². The molecule has 0 aromatic heterocycles. The van der Waals surface area contributed by atoms with Crippen molar-refractivity contribution in [1.29, 1.82) is 0 Å². The lowest BCUT2D eigenvalue weighted by Gasteiger charge is -2.11. The Morgan fingerprint density at radius 2 is 1.85 bits per heavy atom. The highest BCUT2D eigenvalue weighted by molar-refractivity contribution is 7.89. The molecule has 0 radical (unpaired) electrons. The third kappa shape index (κ3) is 4.67. The van der Waals surface area contributed by atoms with Gasteiger partial charge in [-0.15, -0.1) is 0 Å². The minimum absolute atomic E-state index is 0.102. The van der Waals surface area contributed by atoms with Crippen molar-refractivity contribution in [3.05, 3.63) is 59.7 Å². The van der Waals surface area contributed by atoms with Gasteiger partial charge >= 0.3 is 0 Å². The smallest absolute Gasteiger partial charge is 0.240 e. The van der Waals surface area contributed by atoms with Gasteiger partial charge in [-0.25, -0.2) is 13.1 Å². The third-order valence-corrected chi connectivity index (χ3v) is 5.84. The first-order valence-electron chi connectivity index (χ1n) is 8.95. The molecule has 27 heavy (non-hydrogen) atoms. The van der Waals surface area contributed by atoms with Gasteiger partial charge in [0.05, 0.1) is 4.90 Å². The van der Waals surface area contributed by atoms with Crippen LogP contribution in [0.25, 0.3) is 0 Å². The monoisotopic (exact) mass is 388 g/mol. The second kappa shape index (κ2) is 8.10. The van der Waals surface area contributed by atoms with E-state index in [2.05, 4.69) is 10.0 Å². The van der Waals surface area contributed by atoms with Crippen LogP contribution in [0.5, 0.6) is 5.75 Å². The van der Waals surface area contributed by atoms with Crippen molar-refractivity contribution >= 4 is 15.9 Å². The number of sulfonamides is 1. The molecule has 0 fully saturated rings. The van der Waals surface area contributed by atoms with Crippen LogP contribution >= 0.6 is 0 Å². The Kier molecular flexibility index (Phi) is 5.82. The van der Waals surface area contributed by atoms with E-state index in [1.807, 2.05) is 38.1 Å². The predicted octanol–water partition coefficient (Wildman–Crippen LogP) is 2.41. The van der Waals surface area contributed by atoms with Gasteiger partial charge < -0.3 is 10.1 Å². The number of hydrogen-bond acceptors (Lipinski definition) is 4. The van der Waals surface area contributed by atoms with Crippen LogP contribution in [-0.2, 0) is 21.4 Å². The number of para-hydroxylation sites is 1. The molecule has 0 spiro atoms. The fraction of sp³-hybridized carbons (Fsp3) is 0.350. The van der Waals surface area contributed by atoms with E-state index >= 15 is 0 Å². The maximum absolute atomic E-state index is 12.5. The van der Waals surface area contributed by atoms with E-state index in [1.165, 1.54) is 0 Å². The van der Waals surface area contributed by atoms with E-state index in [0.29, 0.717) is 19.7 Å². The van der Waals surface area contributed by atoms with Gasteiger partial charge in [0.2, 0.25) is 15.9 Å². The van der Waals surface area contributed by atoms with Gasteiger partial charge in [0.25, 0.3) is 0 Å². The number of benzene rings is 2. The largest absolute Gasteiger partial charge is 0.492 e. The van der Waals surface area contributed by atoms with Crippen LogP contribution < -0.4 is 14.8 Å². The zero-order valence-corrected chi connectivity index (χ0v) is 16.3. The Hall–Kier alpha value is -2.38. The first-order valence-corrected chi connectivity index (χ1v) is 10.4. The maximum Gasteiger partial charge on any atom is 0.240 e. The summed E-state index contributed by atoms with van der Waals surface area (Å²) >= 11 is 0. The minimum atomic E-state index is -3.50. The first kappa shape index (κ1) is 19.4. The van der Waals surface area contributed by atoms with Crippen molar-refractivity contribution in [2.45, 2.75) is 31.2 Å². The Balaban J connectivity index is 1.59. The van der Waals surface area contributed by atoms with Gasteiger partial charge in [-0.1, -0.05) is 44.2 Å². The number of carbonyl (C=O) groups excluding carboxylic acids is 1. The summed E-state index contributed by atoms with van der Waals surface area (Å²) in [6.45, 7) is 4.95. The van der Waals surface area contributed by atoms with Gasteiger partial charge in [-0.2, -0.15) is 0 Å². The molecule has 0 saturated carbocycles. The number of ether oxygens (including phenoxy) is 1. The number of fused-ring (bicyclic) bond motifs is 1. The van der Waals surface area contributed by atoms with Crippen molar-refractivity contribution in [2.24, 2.45) is 5.92 Å². The fourth-order valence-electron chi connectivity index (χ4n) is 2.84. The molecule has 144 valence electrons. The van der Waals surface area contributed by atoms with Gasteiger partial charge in [0, 0.05) is 18.7 Å². The van der Waals surface area contributed by atoms with E-state index in [1.54, 1.807) is 24.3 Å². The van der Waals surface area contributed by atoms with Crippen LogP contribution in [0.4, 0.5) is 0 Å². The van der Waals surface area contributed by atoms with E-state index in [9.17, 15) is 13.2 Å². The molecule has 2 aromatic carbocycles. The Morgan fingerprint density at radius 3 is 2.56 bits per heavy atom. The molecule has 1 aliphatic rings. The standard InChI is InChI=1S/C20H24N2O4S/c1-14(2)11-22-27(24,25)16-9-7-15(8-10-16)12-21-20(23)18-13-26-19-6-4-3-5-17(18)19/h3-10,14,18,22H,11-13H2,1-2H3,(H,21,23). The summed E-state index contributed by atoms with van der Waals surface area (Å²) in [7, 11) is -3.50. The summed E-state index contributed by atoms with van der Waals surface area (Å²) in [4.78, 5) is 12.7. The molecule has 7 heteroatoms. The lowest BCUT2D eigenvalue weighted by atomic mass is 10.0. The molecular formula is C20H24N2O4S. The summed E-state index contributed by atoms with van der Waals surface area (Å²) in [5.41, 5.74) is 1.73. The maximum atomic E-state index is 12.5. The van der Waals surface area contributed by atoms with E-state index in [4.69, 9.17) is 4.74 Å². The number of carbonyl (C=O) groups is 1. The first-order chi connectivity index (χ1) is 12.9. The van der Waals surface area contributed by atoms with Crippen LogP contribution in [0.3, 0.4) is 0 Å². The van der Waals surface area contributed by atoms with Crippen molar-refractivity contribution < 1.29 is 17.9 Å². The highest BCUT2D eigenvalue weighted by atomic mass is 32.2. The summed E-state index contributed by atoms with van der Waals surface area (Å²) in [6, 6.07) is 14.1. The Labute approximate surface area is 160 Å². The summed E-state index contributed by atoms with van der Waals surface area (Å²) in [5.74, 6) is 0.566. The van der Waals surface area contributed by atoms with Crippen molar-refractivity contribution in [1.82, 2.24) is 10.0 Å². The Morgan fingerprint density at radius 1 is 1.15 bits per heavy atom. The highest BCUT2D eigenvalue weighted by Gasteiger charge is 2.29. The van der Waals surface area contributed by atoms with Gasteiger partial charge in [-0.05, 0) is 29.7 Å². The SMILES string of the molecule is CC(C)CNS(=O)(=O)c1ccc(CNC(=O)C2COc3ccccc32)cc1. The molecule has 0 bridgehead atoms. The van der Waals surface area contributed by atoms with Crippen molar-refractivity contribution in [3.63, 3.8) is 0 Å². The van der Waals surface area contributed by atoms with Gasteiger partial charge in [0.1, 0.15) is 18.3 Å². The quantitative estimate of drug-likeness (QED) is 0.763. The number of amides is 1. The highest BCUT2D eigenvalue weighted by Crippen LogP contribution is 2.33. The molecule has 1 amide bonds. The van der Waals surface area contributed by atoms with Crippen molar-refractivity contribution in [2.75, 3.05) is 13.2 Å². The van der Waals surface area contributed by atoms with Crippen LogP contribution in [0.1, 0.15) is 30.9 Å². The van der Waals surface area contributed by atoms with E-state index in [-0.39, 0.29) is 22.6 Å². The zero-order valence-electron chi connectivity index (χ0n) is 15.4. The molecule has 2 aromatic rings. The van der Waals surface area contributed by atoms with Gasteiger partial charge in [0.15, 0.2) is 0 Å². The molecule has 6 nitrogen and oxygen atoms in total. The molecular weight excluding hydrogens is 364 g/mol. The molecule has 1 aliphatic heterocycles. The molecule has 1 atom stereocenters. The van der Waals surface area contributed by atoms with E-state index < -0.39 is 10.0 Å². The number of hydrogen-bond donors (Lipinski definition) is 2. The lowest BCUT2D eigenvalue weighted by Crippen LogP contribution is -2.30. The van der Waals surface area contributed by atoms with Crippen molar-refractivity contribution in [3.8, 4) is 5.75 Å². The fourth-order valence-corrected chi connectivity index (χ4v) is 4.05. The molecule has 0 aliphatic carbocycles. The molecule has 2 N–H and O–H groups in total.